The number of hydrogen-bond donors (Lipinski definition) is 0. The molecule has 0 unspecified atom stereocenters. The summed E-state index contributed by atoms with van der Waals surface area (Å²) in [5.74, 6) is 1.65. The van der Waals surface area contributed by atoms with E-state index in [1.807, 2.05) is 11.0 Å². The van der Waals surface area contributed by atoms with Crippen LogP contribution in [0.15, 0.2) is 35.0 Å². The van der Waals surface area contributed by atoms with E-state index in [0.717, 1.165) is 37.4 Å². The predicted octanol–water partition coefficient (Wildman–Crippen LogP) is 1.92. The molecule has 0 spiro atoms. The zero-order chi connectivity index (χ0) is 16.4. The Morgan fingerprint density at radius 1 is 1.17 bits per heavy atom. The first-order valence-corrected chi connectivity index (χ1v) is 8.40. The second-order valence-electron chi connectivity index (χ2n) is 6.19. The zero-order valence-electron chi connectivity index (χ0n) is 13.5. The number of carbonyl (C=O) groups is 1. The molecule has 4 rings (SSSR count). The van der Waals surface area contributed by atoms with E-state index in [4.69, 9.17) is 4.42 Å². The minimum Gasteiger partial charge on any atom is -0.465 e. The van der Waals surface area contributed by atoms with Gasteiger partial charge in [0.15, 0.2) is 5.82 Å². The zero-order valence-corrected chi connectivity index (χ0v) is 13.5. The van der Waals surface area contributed by atoms with Crippen molar-refractivity contribution in [2.45, 2.75) is 19.3 Å². The van der Waals surface area contributed by atoms with Crippen LogP contribution >= 0.6 is 0 Å². The fourth-order valence-electron chi connectivity index (χ4n) is 3.27. The Bertz CT molecular complexity index is 746. The summed E-state index contributed by atoms with van der Waals surface area (Å²) < 4.78 is 5.20. The van der Waals surface area contributed by atoms with E-state index in [9.17, 15) is 4.79 Å². The van der Waals surface area contributed by atoms with Crippen molar-refractivity contribution in [2.24, 2.45) is 0 Å². The van der Waals surface area contributed by atoms with E-state index < -0.39 is 0 Å². The van der Waals surface area contributed by atoms with Crippen LogP contribution in [-0.2, 0) is 17.6 Å². The van der Waals surface area contributed by atoms with E-state index in [-0.39, 0.29) is 5.91 Å². The van der Waals surface area contributed by atoms with Crippen molar-refractivity contribution in [1.29, 1.82) is 0 Å². The maximum absolute atomic E-state index is 12.2. The highest BCUT2D eigenvalue weighted by Crippen LogP contribution is 2.23. The molecule has 1 amide bonds. The summed E-state index contributed by atoms with van der Waals surface area (Å²) in [6.07, 6.45) is 8.21. The third-order valence-electron chi connectivity index (χ3n) is 4.66. The van der Waals surface area contributed by atoms with Gasteiger partial charge in [0.2, 0.25) is 5.91 Å². The fourth-order valence-corrected chi connectivity index (χ4v) is 3.27. The number of piperazine rings is 1. The standard InChI is InChI=1S/C18H20N4O2/c23-18(7-6-15-4-2-12-24-15)22-10-8-21(9-11-22)17-13-14-3-1-5-16(14)19-20-17/h2,4,6-7,12-13H,1,3,5,8-11H2/b7-6+. The molecule has 1 fully saturated rings. The van der Waals surface area contributed by atoms with Crippen LogP contribution < -0.4 is 4.90 Å². The molecule has 0 saturated carbocycles. The van der Waals surface area contributed by atoms with Gasteiger partial charge in [-0.2, -0.15) is 5.10 Å². The summed E-state index contributed by atoms with van der Waals surface area (Å²) in [4.78, 5) is 16.3. The lowest BCUT2D eigenvalue weighted by Gasteiger charge is -2.34. The molecular weight excluding hydrogens is 304 g/mol. The van der Waals surface area contributed by atoms with Gasteiger partial charge in [-0.05, 0) is 49.1 Å². The fraction of sp³-hybridized carbons (Fsp3) is 0.389. The SMILES string of the molecule is O=C(/C=C/c1ccco1)N1CCN(c2cc3c(nn2)CCC3)CC1. The molecule has 0 radical (unpaired) electrons. The van der Waals surface area contributed by atoms with Crippen molar-refractivity contribution in [1.82, 2.24) is 15.1 Å². The number of rotatable bonds is 3. The average molecular weight is 324 g/mol. The summed E-state index contributed by atoms with van der Waals surface area (Å²) in [6, 6.07) is 5.80. The molecule has 6 heteroatoms. The van der Waals surface area contributed by atoms with Crippen LogP contribution in [0.2, 0.25) is 0 Å². The highest BCUT2D eigenvalue weighted by Gasteiger charge is 2.22. The van der Waals surface area contributed by atoms with Crippen molar-refractivity contribution in [3.8, 4) is 0 Å². The number of carbonyl (C=O) groups excluding carboxylic acids is 1. The molecule has 1 aliphatic heterocycles. The molecule has 0 aromatic carbocycles. The minimum atomic E-state index is 0.0195. The van der Waals surface area contributed by atoms with Crippen LogP contribution in [0, 0.1) is 0 Å². The largest absolute Gasteiger partial charge is 0.465 e. The van der Waals surface area contributed by atoms with Gasteiger partial charge in [-0.15, -0.1) is 5.10 Å². The number of aromatic nitrogens is 2. The van der Waals surface area contributed by atoms with Crippen molar-refractivity contribution in [3.63, 3.8) is 0 Å². The molecule has 2 aliphatic rings. The highest BCUT2D eigenvalue weighted by molar-refractivity contribution is 5.91. The molecule has 3 heterocycles. The Labute approximate surface area is 140 Å². The lowest BCUT2D eigenvalue weighted by molar-refractivity contribution is -0.126. The van der Waals surface area contributed by atoms with Crippen LogP contribution in [-0.4, -0.2) is 47.2 Å². The number of hydrogen-bond acceptors (Lipinski definition) is 5. The predicted molar refractivity (Wildman–Crippen MR) is 90.6 cm³/mol. The minimum absolute atomic E-state index is 0.0195. The maximum atomic E-state index is 12.2. The van der Waals surface area contributed by atoms with Crippen LogP contribution in [0.5, 0.6) is 0 Å². The number of aryl methyl sites for hydroxylation is 2. The first-order chi connectivity index (χ1) is 11.8. The number of amides is 1. The Morgan fingerprint density at radius 3 is 2.83 bits per heavy atom. The van der Waals surface area contributed by atoms with Crippen LogP contribution in [0.3, 0.4) is 0 Å². The first-order valence-electron chi connectivity index (χ1n) is 8.40. The first kappa shape index (κ1) is 14.9. The summed E-state index contributed by atoms with van der Waals surface area (Å²) in [6.45, 7) is 2.96. The van der Waals surface area contributed by atoms with E-state index in [1.165, 1.54) is 12.0 Å². The molecule has 0 atom stereocenters. The normalized spacial score (nSPS) is 17.5. The van der Waals surface area contributed by atoms with Gasteiger partial charge in [0, 0.05) is 32.3 Å². The van der Waals surface area contributed by atoms with Crippen LogP contribution in [0.4, 0.5) is 5.82 Å². The molecule has 2 aromatic heterocycles. The van der Waals surface area contributed by atoms with E-state index >= 15 is 0 Å². The Balaban J connectivity index is 1.35. The molecule has 0 N–H and O–H groups in total. The van der Waals surface area contributed by atoms with Crippen LogP contribution in [0.1, 0.15) is 23.4 Å². The Kier molecular flexibility index (Phi) is 4.02. The number of anilines is 1. The van der Waals surface area contributed by atoms with Crippen molar-refractivity contribution in [3.05, 3.63) is 47.6 Å². The summed E-state index contributed by atoms with van der Waals surface area (Å²) in [7, 11) is 0. The van der Waals surface area contributed by atoms with Gasteiger partial charge in [-0.1, -0.05) is 0 Å². The van der Waals surface area contributed by atoms with Gasteiger partial charge < -0.3 is 14.2 Å². The van der Waals surface area contributed by atoms with Crippen LogP contribution in [0.25, 0.3) is 6.08 Å². The molecule has 0 bridgehead atoms. The monoisotopic (exact) mass is 324 g/mol. The highest BCUT2D eigenvalue weighted by atomic mass is 16.3. The van der Waals surface area contributed by atoms with E-state index in [1.54, 1.807) is 24.5 Å². The van der Waals surface area contributed by atoms with Gasteiger partial charge in [-0.25, -0.2) is 0 Å². The van der Waals surface area contributed by atoms with Gasteiger partial charge in [-0.3, -0.25) is 4.79 Å². The van der Waals surface area contributed by atoms with Gasteiger partial charge in [0.1, 0.15) is 5.76 Å². The average Bonchev–Trinajstić information content (AvgIpc) is 3.30. The van der Waals surface area contributed by atoms with Crippen molar-refractivity contribution < 1.29 is 9.21 Å². The summed E-state index contributed by atoms with van der Waals surface area (Å²) in [5.41, 5.74) is 2.48. The molecular formula is C18H20N4O2. The summed E-state index contributed by atoms with van der Waals surface area (Å²) in [5, 5.41) is 8.71. The van der Waals surface area contributed by atoms with Crippen molar-refractivity contribution in [2.75, 3.05) is 31.1 Å². The summed E-state index contributed by atoms with van der Waals surface area (Å²) >= 11 is 0. The Hall–Kier alpha value is -2.63. The lowest BCUT2D eigenvalue weighted by atomic mass is 10.2. The van der Waals surface area contributed by atoms with Gasteiger partial charge in [0.25, 0.3) is 0 Å². The smallest absolute Gasteiger partial charge is 0.246 e. The lowest BCUT2D eigenvalue weighted by Crippen LogP contribution is -2.48. The number of nitrogens with zero attached hydrogens (tertiary/aromatic N) is 4. The second kappa shape index (κ2) is 6.47. The number of furan rings is 1. The van der Waals surface area contributed by atoms with Gasteiger partial charge in [0.05, 0.1) is 12.0 Å². The quantitative estimate of drug-likeness (QED) is 0.807. The topological polar surface area (TPSA) is 62.5 Å². The molecule has 6 nitrogen and oxygen atoms in total. The molecule has 2 aromatic rings. The maximum Gasteiger partial charge on any atom is 0.246 e. The van der Waals surface area contributed by atoms with Gasteiger partial charge >= 0.3 is 0 Å². The van der Waals surface area contributed by atoms with E-state index in [0.29, 0.717) is 18.8 Å². The van der Waals surface area contributed by atoms with Crippen molar-refractivity contribution >= 4 is 17.8 Å². The van der Waals surface area contributed by atoms with E-state index in [2.05, 4.69) is 21.2 Å². The third kappa shape index (κ3) is 3.04. The molecule has 1 aliphatic carbocycles. The Morgan fingerprint density at radius 2 is 2.04 bits per heavy atom. The molecule has 1 saturated heterocycles. The third-order valence-corrected chi connectivity index (χ3v) is 4.66. The molecule has 124 valence electrons. The molecule has 24 heavy (non-hydrogen) atoms. The second-order valence-corrected chi connectivity index (χ2v) is 6.19. The number of fused-ring (bicyclic) bond motifs is 1.